The molecule has 3 nitrogen and oxygen atoms in total. The predicted octanol–water partition coefficient (Wildman–Crippen LogP) is 1.98. The van der Waals surface area contributed by atoms with Crippen LogP contribution in [0.1, 0.15) is 27.6 Å². The number of hydrogen-bond acceptors (Lipinski definition) is 3. The van der Waals surface area contributed by atoms with E-state index in [2.05, 4.69) is 25.9 Å². The van der Waals surface area contributed by atoms with Gasteiger partial charge in [0.2, 0.25) is 0 Å². The molecule has 13 heavy (non-hydrogen) atoms. The van der Waals surface area contributed by atoms with E-state index in [-0.39, 0.29) is 5.78 Å². The standard InChI is InChI=1S/C9H11BrN2O/c1-5-6(2)12-9(7(3)11-5)8(13)4-10/h4H2,1-3H3. The minimum absolute atomic E-state index is 0.0203. The molecule has 1 aromatic heterocycles. The van der Waals surface area contributed by atoms with Crippen molar-refractivity contribution in [2.75, 3.05) is 5.33 Å². The molecule has 0 bridgehead atoms. The summed E-state index contributed by atoms with van der Waals surface area (Å²) in [5.74, 6) is -0.0203. The van der Waals surface area contributed by atoms with Gasteiger partial charge in [-0.05, 0) is 20.8 Å². The molecule has 0 aliphatic carbocycles. The fourth-order valence-corrected chi connectivity index (χ4v) is 1.31. The number of aromatic nitrogens is 2. The highest BCUT2D eigenvalue weighted by Gasteiger charge is 2.11. The first-order chi connectivity index (χ1) is 6.06. The molecule has 0 fully saturated rings. The molecular weight excluding hydrogens is 232 g/mol. The maximum atomic E-state index is 11.3. The van der Waals surface area contributed by atoms with Crippen LogP contribution in [-0.2, 0) is 0 Å². The second-order valence-electron chi connectivity index (χ2n) is 2.89. The summed E-state index contributed by atoms with van der Waals surface area (Å²) < 4.78 is 0. The van der Waals surface area contributed by atoms with Crippen LogP contribution in [0.25, 0.3) is 0 Å². The monoisotopic (exact) mass is 242 g/mol. The number of halogens is 1. The van der Waals surface area contributed by atoms with Crippen LogP contribution >= 0.6 is 15.9 Å². The summed E-state index contributed by atoms with van der Waals surface area (Å²) in [4.78, 5) is 19.8. The Morgan fingerprint density at radius 2 is 1.69 bits per heavy atom. The molecule has 0 aliphatic rings. The summed E-state index contributed by atoms with van der Waals surface area (Å²) in [7, 11) is 0. The SMILES string of the molecule is Cc1nc(C)c(C(=O)CBr)nc1C. The van der Waals surface area contributed by atoms with E-state index in [1.807, 2.05) is 13.8 Å². The third kappa shape index (κ3) is 2.12. The lowest BCUT2D eigenvalue weighted by atomic mass is 10.2. The average molecular weight is 243 g/mol. The van der Waals surface area contributed by atoms with E-state index in [9.17, 15) is 4.79 Å². The Labute approximate surface area is 85.7 Å². The summed E-state index contributed by atoms with van der Waals surface area (Å²) in [6.07, 6.45) is 0. The largest absolute Gasteiger partial charge is 0.291 e. The lowest BCUT2D eigenvalue weighted by Gasteiger charge is -2.04. The molecule has 0 N–H and O–H groups in total. The molecule has 1 heterocycles. The van der Waals surface area contributed by atoms with Gasteiger partial charge in [-0.25, -0.2) is 4.98 Å². The van der Waals surface area contributed by atoms with Crippen LogP contribution < -0.4 is 0 Å². The summed E-state index contributed by atoms with van der Waals surface area (Å²) in [5, 5.41) is 0.297. The Hall–Kier alpha value is -0.770. The number of alkyl halides is 1. The zero-order chi connectivity index (χ0) is 10.0. The zero-order valence-corrected chi connectivity index (χ0v) is 9.47. The molecular formula is C9H11BrN2O. The Kier molecular flexibility index (Phi) is 3.14. The minimum Gasteiger partial charge on any atom is -0.291 e. The number of rotatable bonds is 2. The molecule has 0 radical (unpaired) electrons. The van der Waals surface area contributed by atoms with Crippen molar-refractivity contribution in [3.05, 3.63) is 22.8 Å². The highest BCUT2D eigenvalue weighted by molar-refractivity contribution is 9.09. The summed E-state index contributed by atoms with van der Waals surface area (Å²) in [6.45, 7) is 5.54. The average Bonchev–Trinajstić information content (AvgIpc) is 2.10. The smallest absolute Gasteiger partial charge is 0.193 e. The van der Waals surface area contributed by atoms with Gasteiger partial charge in [0.15, 0.2) is 5.78 Å². The molecule has 0 amide bonds. The van der Waals surface area contributed by atoms with E-state index in [4.69, 9.17) is 0 Å². The molecule has 0 unspecified atom stereocenters. The van der Waals surface area contributed by atoms with Crippen molar-refractivity contribution in [2.45, 2.75) is 20.8 Å². The quantitative estimate of drug-likeness (QED) is 0.589. The number of aryl methyl sites for hydroxylation is 3. The van der Waals surface area contributed by atoms with Gasteiger partial charge >= 0.3 is 0 Å². The normalized spacial score (nSPS) is 10.2. The van der Waals surface area contributed by atoms with E-state index in [0.29, 0.717) is 16.7 Å². The number of carbonyl (C=O) groups is 1. The summed E-state index contributed by atoms with van der Waals surface area (Å²) in [5.41, 5.74) is 2.87. The van der Waals surface area contributed by atoms with Crippen molar-refractivity contribution in [1.82, 2.24) is 9.97 Å². The lowest BCUT2D eigenvalue weighted by Crippen LogP contribution is -2.10. The first-order valence-electron chi connectivity index (χ1n) is 3.97. The molecule has 0 saturated heterocycles. The second kappa shape index (κ2) is 3.96. The van der Waals surface area contributed by atoms with E-state index in [1.54, 1.807) is 6.92 Å². The Balaban J connectivity index is 3.23. The summed E-state index contributed by atoms with van der Waals surface area (Å²) >= 11 is 3.11. The second-order valence-corrected chi connectivity index (χ2v) is 3.45. The van der Waals surface area contributed by atoms with Crippen molar-refractivity contribution in [3.63, 3.8) is 0 Å². The Bertz CT molecular complexity index is 350. The Morgan fingerprint density at radius 3 is 2.23 bits per heavy atom. The van der Waals surface area contributed by atoms with E-state index in [0.717, 1.165) is 11.4 Å². The molecule has 1 aromatic rings. The van der Waals surface area contributed by atoms with Gasteiger partial charge in [-0.2, -0.15) is 0 Å². The maximum Gasteiger partial charge on any atom is 0.193 e. The van der Waals surface area contributed by atoms with E-state index >= 15 is 0 Å². The highest BCUT2D eigenvalue weighted by Crippen LogP contribution is 2.08. The van der Waals surface area contributed by atoms with Gasteiger partial charge in [0, 0.05) is 0 Å². The van der Waals surface area contributed by atoms with Crippen LogP contribution in [0.3, 0.4) is 0 Å². The molecule has 0 aromatic carbocycles. The lowest BCUT2D eigenvalue weighted by molar-refractivity contribution is 0.101. The highest BCUT2D eigenvalue weighted by atomic mass is 79.9. The van der Waals surface area contributed by atoms with Crippen molar-refractivity contribution in [1.29, 1.82) is 0 Å². The summed E-state index contributed by atoms with van der Waals surface area (Å²) in [6, 6.07) is 0. The first kappa shape index (κ1) is 10.3. The van der Waals surface area contributed by atoms with Crippen molar-refractivity contribution < 1.29 is 4.79 Å². The van der Waals surface area contributed by atoms with Crippen LogP contribution in [0.15, 0.2) is 0 Å². The van der Waals surface area contributed by atoms with Crippen molar-refractivity contribution in [2.24, 2.45) is 0 Å². The zero-order valence-electron chi connectivity index (χ0n) is 7.89. The molecule has 0 saturated carbocycles. The Morgan fingerprint density at radius 1 is 1.15 bits per heavy atom. The molecule has 1 rings (SSSR count). The fourth-order valence-electron chi connectivity index (χ4n) is 1.04. The molecule has 0 aliphatic heterocycles. The number of nitrogens with zero attached hydrogens (tertiary/aromatic N) is 2. The van der Waals surface area contributed by atoms with Gasteiger partial charge in [0.05, 0.1) is 22.4 Å². The van der Waals surface area contributed by atoms with Crippen LogP contribution in [0, 0.1) is 20.8 Å². The van der Waals surface area contributed by atoms with E-state index in [1.165, 1.54) is 0 Å². The van der Waals surface area contributed by atoms with Crippen LogP contribution in [0.5, 0.6) is 0 Å². The minimum atomic E-state index is -0.0203. The van der Waals surface area contributed by atoms with Gasteiger partial charge in [0.25, 0.3) is 0 Å². The van der Waals surface area contributed by atoms with Crippen molar-refractivity contribution >= 4 is 21.7 Å². The van der Waals surface area contributed by atoms with Gasteiger partial charge in [-0.1, -0.05) is 15.9 Å². The molecule has 0 atom stereocenters. The third-order valence-electron chi connectivity index (χ3n) is 1.87. The number of ketones is 1. The molecule has 0 spiro atoms. The third-order valence-corrected chi connectivity index (χ3v) is 2.38. The first-order valence-corrected chi connectivity index (χ1v) is 5.09. The molecule has 4 heteroatoms. The van der Waals surface area contributed by atoms with Gasteiger partial charge in [-0.3, -0.25) is 9.78 Å². The molecule has 70 valence electrons. The number of Topliss-reactive ketones (excluding diaryl/α,β-unsaturated/α-hetero) is 1. The number of carbonyl (C=O) groups excluding carboxylic acids is 1. The van der Waals surface area contributed by atoms with Gasteiger partial charge in [0.1, 0.15) is 5.69 Å². The van der Waals surface area contributed by atoms with Crippen LogP contribution in [0.2, 0.25) is 0 Å². The van der Waals surface area contributed by atoms with Crippen molar-refractivity contribution in [3.8, 4) is 0 Å². The fraction of sp³-hybridized carbons (Fsp3) is 0.444. The van der Waals surface area contributed by atoms with Gasteiger partial charge < -0.3 is 0 Å². The number of hydrogen-bond donors (Lipinski definition) is 0. The van der Waals surface area contributed by atoms with Gasteiger partial charge in [-0.15, -0.1) is 0 Å². The maximum absolute atomic E-state index is 11.3. The van der Waals surface area contributed by atoms with Crippen LogP contribution in [-0.4, -0.2) is 21.1 Å². The predicted molar refractivity (Wildman–Crippen MR) is 54.4 cm³/mol. The van der Waals surface area contributed by atoms with Crippen LogP contribution in [0.4, 0.5) is 0 Å². The topological polar surface area (TPSA) is 42.9 Å². The van der Waals surface area contributed by atoms with E-state index < -0.39 is 0 Å².